The highest BCUT2D eigenvalue weighted by Gasteiger charge is 2.44. The molecule has 1 aromatic heterocycles. The normalized spacial score (nSPS) is 18.3. The van der Waals surface area contributed by atoms with E-state index in [-0.39, 0.29) is 11.3 Å². The lowest BCUT2D eigenvalue weighted by Crippen LogP contribution is -2.45. The second-order valence-corrected chi connectivity index (χ2v) is 9.85. The highest BCUT2D eigenvalue weighted by atomic mass is 79.9. The highest BCUT2D eigenvalue weighted by Crippen LogP contribution is 2.46. The maximum absolute atomic E-state index is 12.8. The zero-order valence-electron chi connectivity index (χ0n) is 13.6. The molecule has 0 saturated carbocycles. The molecule has 1 saturated heterocycles. The van der Waals surface area contributed by atoms with Crippen LogP contribution in [0.25, 0.3) is 0 Å². The molecule has 0 unspecified atom stereocenters. The molecule has 0 atom stereocenters. The van der Waals surface area contributed by atoms with E-state index in [0.717, 1.165) is 50.4 Å². The van der Waals surface area contributed by atoms with Gasteiger partial charge in [0.25, 0.3) is 5.91 Å². The van der Waals surface area contributed by atoms with E-state index in [1.54, 1.807) is 0 Å². The Morgan fingerprint density at radius 3 is 2.68 bits per heavy atom. The number of fused-ring (bicyclic) bond motifs is 2. The van der Waals surface area contributed by atoms with Crippen molar-refractivity contribution in [2.24, 2.45) is 5.73 Å². The molecule has 4 rings (SSSR count). The van der Waals surface area contributed by atoms with Crippen LogP contribution < -0.4 is 10.5 Å². The molecule has 0 aliphatic carbocycles. The summed E-state index contributed by atoms with van der Waals surface area (Å²) in [7, 11) is 0. The van der Waals surface area contributed by atoms with E-state index in [1.807, 2.05) is 23.1 Å². The Kier molecular flexibility index (Phi) is 4.68. The molecule has 25 heavy (non-hydrogen) atoms. The lowest BCUT2D eigenvalue weighted by atomic mass is 9.74. The second kappa shape index (κ2) is 6.68. The first-order chi connectivity index (χ1) is 12.0. The lowest BCUT2D eigenvalue weighted by Gasteiger charge is -2.38. The van der Waals surface area contributed by atoms with Crippen LogP contribution >= 0.6 is 43.2 Å². The molecule has 2 aliphatic rings. The highest BCUT2D eigenvalue weighted by molar-refractivity contribution is 9.13. The molecule has 2 aliphatic heterocycles. The van der Waals surface area contributed by atoms with Crippen LogP contribution in [-0.2, 0) is 12.0 Å². The van der Waals surface area contributed by atoms with Crippen molar-refractivity contribution in [2.45, 2.75) is 24.8 Å². The van der Waals surface area contributed by atoms with Crippen LogP contribution in [0.4, 0.5) is 0 Å². The number of benzene rings is 1. The smallest absolute Gasteiger partial charge is 0.264 e. The van der Waals surface area contributed by atoms with E-state index in [4.69, 9.17) is 10.5 Å². The van der Waals surface area contributed by atoms with Gasteiger partial charge in [-0.25, -0.2) is 0 Å². The fourth-order valence-electron chi connectivity index (χ4n) is 3.70. The average molecular weight is 486 g/mol. The Labute approximate surface area is 167 Å². The minimum atomic E-state index is 0.0217. The van der Waals surface area contributed by atoms with Gasteiger partial charge in [0, 0.05) is 35.1 Å². The summed E-state index contributed by atoms with van der Waals surface area (Å²) >= 11 is 8.39. The van der Waals surface area contributed by atoms with E-state index in [0.29, 0.717) is 13.2 Å². The van der Waals surface area contributed by atoms with Gasteiger partial charge in [0.15, 0.2) is 0 Å². The third-order valence-electron chi connectivity index (χ3n) is 5.22. The molecule has 1 amide bonds. The van der Waals surface area contributed by atoms with Crippen LogP contribution in [0.2, 0.25) is 0 Å². The Balaban J connectivity index is 1.52. The van der Waals surface area contributed by atoms with Crippen molar-refractivity contribution in [1.29, 1.82) is 0 Å². The fraction of sp³-hybridized carbons (Fsp3) is 0.389. The SMILES string of the molecule is NCc1ccc2c(c1)C1(CCN(C(=O)c3cc(Br)c(Br)s3)CC1)CO2. The van der Waals surface area contributed by atoms with Crippen molar-refractivity contribution in [2.75, 3.05) is 19.7 Å². The van der Waals surface area contributed by atoms with Crippen molar-refractivity contribution in [3.05, 3.63) is 48.5 Å². The van der Waals surface area contributed by atoms with E-state index in [1.165, 1.54) is 16.9 Å². The summed E-state index contributed by atoms with van der Waals surface area (Å²) in [5, 5.41) is 0. The van der Waals surface area contributed by atoms with Gasteiger partial charge in [-0.15, -0.1) is 11.3 Å². The monoisotopic (exact) mass is 484 g/mol. The van der Waals surface area contributed by atoms with Crippen LogP contribution in [0.1, 0.15) is 33.6 Å². The van der Waals surface area contributed by atoms with E-state index < -0.39 is 0 Å². The molecular weight excluding hydrogens is 468 g/mol. The first-order valence-corrected chi connectivity index (χ1v) is 10.6. The number of piperidine rings is 1. The van der Waals surface area contributed by atoms with Gasteiger partial charge in [0.05, 0.1) is 15.3 Å². The number of hydrogen-bond donors (Lipinski definition) is 1. The number of carbonyl (C=O) groups is 1. The number of thiophene rings is 1. The van der Waals surface area contributed by atoms with Gasteiger partial charge in [-0.3, -0.25) is 4.79 Å². The van der Waals surface area contributed by atoms with Gasteiger partial charge < -0.3 is 15.4 Å². The molecular formula is C18H18Br2N2O2S. The molecule has 7 heteroatoms. The minimum absolute atomic E-state index is 0.0217. The van der Waals surface area contributed by atoms with Crippen LogP contribution in [0.15, 0.2) is 32.5 Å². The van der Waals surface area contributed by atoms with Crippen LogP contribution in [0, 0.1) is 0 Å². The van der Waals surface area contributed by atoms with Gasteiger partial charge in [-0.1, -0.05) is 12.1 Å². The topological polar surface area (TPSA) is 55.6 Å². The number of carbonyl (C=O) groups excluding carboxylic acids is 1. The summed E-state index contributed by atoms with van der Waals surface area (Å²) < 4.78 is 7.82. The van der Waals surface area contributed by atoms with Crippen molar-refractivity contribution in [3.8, 4) is 5.75 Å². The van der Waals surface area contributed by atoms with Gasteiger partial charge in [-0.2, -0.15) is 0 Å². The van der Waals surface area contributed by atoms with Gasteiger partial charge in [0.2, 0.25) is 0 Å². The predicted molar refractivity (Wildman–Crippen MR) is 106 cm³/mol. The third-order valence-corrected chi connectivity index (χ3v) is 8.46. The molecule has 1 aromatic carbocycles. The molecule has 2 N–H and O–H groups in total. The predicted octanol–water partition coefficient (Wildman–Crippen LogP) is 4.30. The summed E-state index contributed by atoms with van der Waals surface area (Å²) in [4.78, 5) is 15.5. The summed E-state index contributed by atoms with van der Waals surface area (Å²) in [6.07, 6.45) is 1.85. The number of hydrogen-bond acceptors (Lipinski definition) is 4. The van der Waals surface area contributed by atoms with Crippen LogP contribution in [0.3, 0.4) is 0 Å². The Hall–Kier alpha value is -0.890. The number of amides is 1. The number of halogens is 2. The lowest BCUT2D eigenvalue weighted by molar-refractivity contribution is 0.0651. The van der Waals surface area contributed by atoms with E-state index >= 15 is 0 Å². The zero-order valence-corrected chi connectivity index (χ0v) is 17.5. The Morgan fingerprint density at radius 1 is 1.28 bits per heavy atom. The zero-order chi connectivity index (χ0) is 17.6. The van der Waals surface area contributed by atoms with Crippen molar-refractivity contribution in [1.82, 2.24) is 4.90 Å². The number of likely N-dealkylation sites (tertiary alicyclic amines) is 1. The molecule has 1 spiro atoms. The molecule has 0 bridgehead atoms. The third kappa shape index (κ3) is 3.05. The number of rotatable bonds is 2. The number of nitrogens with two attached hydrogens (primary N) is 1. The largest absolute Gasteiger partial charge is 0.492 e. The first kappa shape index (κ1) is 17.5. The summed E-state index contributed by atoms with van der Waals surface area (Å²) in [6, 6.07) is 8.14. The number of ether oxygens (including phenoxy) is 1. The first-order valence-electron chi connectivity index (χ1n) is 8.23. The molecule has 2 aromatic rings. The fourth-order valence-corrected chi connectivity index (χ4v) is 5.70. The maximum atomic E-state index is 12.8. The standard InChI is InChI=1S/C18H18Br2N2O2S/c19-13-8-15(25-16(13)20)17(23)22-5-3-18(4-6-22)10-24-14-2-1-11(9-21)7-12(14)18/h1-2,7-8H,3-6,9-10,21H2. The molecule has 0 radical (unpaired) electrons. The minimum Gasteiger partial charge on any atom is -0.492 e. The maximum Gasteiger partial charge on any atom is 0.264 e. The average Bonchev–Trinajstić information content (AvgIpc) is 3.16. The summed E-state index contributed by atoms with van der Waals surface area (Å²) in [5.41, 5.74) is 8.23. The molecule has 4 nitrogen and oxygen atoms in total. The number of nitrogens with zero attached hydrogens (tertiary/aromatic N) is 1. The molecule has 3 heterocycles. The van der Waals surface area contributed by atoms with E-state index in [2.05, 4.69) is 37.9 Å². The van der Waals surface area contributed by atoms with Crippen LogP contribution in [-0.4, -0.2) is 30.5 Å². The van der Waals surface area contributed by atoms with Gasteiger partial charge in [0.1, 0.15) is 5.75 Å². The van der Waals surface area contributed by atoms with Crippen molar-refractivity contribution < 1.29 is 9.53 Å². The molecule has 1 fully saturated rings. The van der Waals surface area contributed by atoms with Crippen LogP contribution in [0.5, 0.6) is 5.75 Å². The van der Waals surface area contributed by atoms with Crippen molar-refractivity contribution in [3.63, 3.8) is 0 Å². The van der Waals surface area contributed by atoms with Gasteiger partial charge in [-0.05, 0) is 62.4 Å². The van der Waals surface area contributed by atoms with E-state index in [9.17, 15) is 4.79 Å². The second-order valence-electron chi connectivity index (χ2n) is 6.63. The Morgan fingerprint density at radius 2 is 2.04 bits per heavy atom. The summed E-state index contributed by atoms with van der Waals surface area (Å²) in [5.74, 6) is 1.09. The summed E-state index contributed by atoms with van der Waals surface area (Å²) in [6.45, 7) is 2.74. The van der Waals surface area contributed by atoms with Gasteiger partial charge >= 0.3 is 0 Å². The Bertz CT molecular complexity index is 809. The van der Waals surface area contributed by atoms with Crippen molar-refractivity contribution >= 4 is 49.1 Å². The quantitative estimate of drug-likeness (QED) is 0.689. The molecule has 132 valence electrons.